The van der Waals surface area contributed by atoms with Crippen molar-refractivity contribution in [1.29, 1.82) is 0 Å². The van der Waals surface area contributed by atoms with Gasteiger partial charge in [-0.05, 0) is 25.0 Å². The summed E-state index contributed by atoms with van der Waals surface area (Å²) in [6.45, 7) is 3.07. The van der Waals surface area contributed by atoms with Crippen LogP contribution in [0.5, 0.6) is 11.5 Å². The average molecular weight is 491 g/mol. The highest BCUT2D eigenvalue weighted by Gasteiger charge is 2.38. The number of likely N-dealkylation sites (tertiary alicyclic amines) is 1. The van der Waals surface area contributed by atoms with Gasteiger partial charge in [-0.15, -0.1) is 0 Å². The Labute approximate surface area is 202 Å². The Balaban J connectivity index is 1.61. The van der Waals surface area contributed by atoms with E-state index in [1.165, 1.54) is 0 Å². The van der Waals surface area contributed by atoms with Crippen LogP contribution in [0.25, 0.3) is 0 Å². The number of rotatable bonds is 4. The summed E-state index contributed by atoms with van der Waals surface area (Å²) in [4.78, 5) is 31.9. The average Bonchev–Trinajstić information content (AvgIpc) is 3.38. The molecule has 2 fully saturated rings. The minimum absolute atomic E-state index is 0.0187. The number of benzene rings is 1. The molecule has 1 amide bonds. The molecule has 3 aliphatic rings. The first-order valence-corrected chi connectivity index (χ1v) is 11.6. The topological polar surface area (TPSA) is 121 Å². The Bertz CT molecular complexity index is 1050. The molecule has 3 atom stereocenters. The largest absolute Gasteiger partial charge is 0.507 e. The monoisotopic (exact) mass is 490 g/mol. The Morgan fingerprint density at radius 1 is 1.26 bits per heavy atom. The zero-order valence-corrected chi connectivity index (χ0v) is 19.5. The Morgan fingerprint density at radius 3 is 2.85 bits per heavy atom. The molecule has 1 aromatic carbocycles. The van der Waals surface area contributed by atoms with Crippen molar-refractivity contribution in [1.82, 2.24) is 4.90 Å². The van der Waals surface area contributed by atoms with E-state index in [4.69, 9.17) is 25.9 Å². The first-order valence-electron chi connectivity index (χ1n) is 11.2. The number of amides is 1. The van der Waals surface area contributed by atoms with E-state index in [9.17, 15) is 19.8 Å². The van der Waals surface area contributed by atoms with Crippen molar-refractivity contribution in [2.24, 2.45) is 5.16 Å². The van der Waals surface area contributed by atoms with E-state index in [1.54, 1.807) is 24.0 Å². The molecule has 1 aromatic rings. The van der Waals surface area contributed by atoms with Crippen LogP contribution in [0.1, 0.15) is 42.1 Å². The third kappa shape index (κ3) is 5.71. The van der Waals surface area contributed by atoms with Gasteiger partial charge in [0.05, 0.1) is 23.4 Å². The number of carbonyl (C=O) groups excluding carboxylic acids is 2. The van der Waals surface area contributed by atoms with Gasteiger partial charge in [-0.2, -0.15) is 0 Å². The van der Waals surface area contributed by atoms with Crippen molar-refractivity contribution >= 4 is 29.2 Å². The molecule has 4 rings (SSSR count). The number of halogens is 1. The summed E-state index contributed by atoms with van der Waals surface area (Å²) in [5.41, 5.74) is 0.413. The Morgan fingerprint density at radius 2 is 2.09 bits per heavy atom. The van der Waals surface area contributed by atoms with Gasteiger partial charge in [0.15, 0.2) is 0 Å². The highest BCUT2D eigenvalue weighted by molar-refractivity contribution is 6.33. The van der Waals surface area contributed by atoms with Gasteiger partial charge in [-0.3, -0.25) is 4.79 Å². The van der Waals surface area contributed by atoms with E-state index in [0.29, 0.717) is 31.6 Å². The van der Waals surface area contributed by atoms with E-state index >= 15 is 0 Å². The van der Waals surface area contributed by atoms with Gasteiger partial charge in [0, 0.05) is 31.9 Å². The number of phenolic OH excluding ortho intramolecular Hbond substituents is 2. The summed E-state index contributed by atoms with van der Waals surface area (Å²) in [6, 6.07) is 1.01. The van der Waals surface area contributed by atoms with Crippen molar-refractivity contribution in [2.75, 3.05) is 19.7 Å². The van der Waals surface area contributed by atoms with Crippen molar-refractivity contribution in [3.05, 3.63) is 46.5 Å². The summed E-state index contributed by atoms with van der Waals surface area (Å²) in [5, 5.41) is 24.7. The van der Waals surface area contributed by atoms with Crippen LogP contribution in [0.3, 0.4) is 0 Å². The van der Waals surface area contributed by atoms with Crippen molar-refractivity contribution in [3.63, 3.8) is 0 Å². The number of cyclic esters (lactones) is 1. The lowest BCUT2D eigenvalue weighted by Crippen LogP contribution is -2.28. The molecule has 0 saturated carbocycles. The smallest absolute Gasteiger partial charge is 0.342 e. The number of aromatic hydroxyl groups is 2. The second-order valence-electron chi connectivity index (χ2n) is 8.49. The zero-order chi connectivity index (χ0) is 24.2. The third-order valence-electron chi connectivity index (χ3n) is 5.88. The summed E-state index contributed by atoms with van der Waals surface area (Å²) in [5.74, 6) is -1.48. The highest BCUT2D eigenvalue weighted by Crippen LogP contribution is 2.38. The normalized spacial score (nSPS) is 28.0. The molecule has 2 N–H and O–H groups in total. The van der Waals surface area contributed by atoms with Crippen molar-refractivity contribution in [2.45, 2.75) is 50.9 Å². The van der Waals surface area contributed by atoms with Crippen molar-refractivity contribution < 1.29 is 34.1 Å². The van der Waals surface area contributed by atoms with Crippen LogP contribution >= 0.6 is 11.6 Å². The van der Waals surface area contributed by atoms with Crippen molar-refractivity contribution in [3.8, 4) is 11.5 Å². The van der Waals surface area contributed by atoms with Crippen LogP contribution in [0.4, 0.5) is 0 Å². The van der Waals surface area contributed by atoms with Gasteiger partial charge in [-0.1, -0.05) is 35.0 Å². The van der Waals surface area contributed by atoms with Crippen LogP contribution < -0.4 is 0 Å². The van der Waals surface area contributed by atoms with Gasteiger partial charge in [0.1, 0.15) is 35.9 Å². The van der Waals surface area contributed by atoms with Crippen LogP contribution in [0.2, 0.25) is 5.02 Å². The number of carbonyl (C=O) groups is 2. The van der Waals surface area contributed by atoms with Crippen LogP contribution in [0.15, 0.2) is 35.5 Å². The number of ether oxygens (including phenoxy) is 2. The lowest BCUT2D eigenvalue weighted by atomic mass is 9.99. The first-order chi connectivity index (χ1) is 16.3. The number of phenols is 2. The number of hydrogen-bond donors (Lipinski definition) is 2. The lowest BCUT2D eigenvalue weighted by molar-refractivity contribution is -0.128. The van der Waals surface area contributed by atoms with Gasteiger partial charge in [-0.25, -0.2) is 4.79 Å². The van der Waals surface area contributed by atoms with Gasteiger partial charge >= 0.3 is 5.97 Å². The molecule has 0 aromatic heterocycles. The van der Waals surface area contributed by atoms with E-state index in [1.807, 2.05) is 12.2 Å². The number of esters is 1. The molecule has 0 spiro atoms. The van der Waals surface area contributed by atoms with Gasteiger partial charge < -0.3 is 29.4 Å². The maximum atomic E-state index is 12.9. The van der Waals surface area contributed by atoms with Crippen LogP contribution in [-0.2, 0) is 25.5 Å². The molecule has 0 unspecified atom stereocenters. The Hall–Kier alpha value is -3.04. The molecule has 10 heteroatoms. The van der Waals surface area contributed by atoms with Gasteiger partial charge in [0.2, 0.25) is 5.91 Å². The number of epoxide rings is 1. The molecule has 182 valence electrons. The van der Waals surface area contributed by atoms with E-state index < -0.39 is 17.8 Å². The minimum atomic E-state index is -0.761. The highest BCUT2D eigenvalue weighted by atomic mass is 35.5. The summed E-state index contributed by atoms with van der Waals surface area (Å²) >= 11 is 6.33. The van der Waals surface area contributed by atoms with Crippen LogP contribution in [-0.4, -0.2) is 70.7 Å². The summed E-state index contributed by atoms with van der Waals surface area (Å²) < 4.78 is 11.1. The molecule has 34 heavy (non-hydrogen) atoms. The summed E-state index contributed by atoms with van der Waals surface area (Å²) in [6.07, 6.45) is 8.46. The minimum Gasteiger partial charge on any atom is -0.507 e. The van der Waals surface area contributed by atoms with E-state index in [-0.39, 0.29) is 53.0 Å². The second-order valence-corrected chi connectivity index (χ2v) is 8.87. The molecule has 3 aliphatic heterocycles. The number of allylic oxidation sites excluding steroid dienone is 3. The fraction of sp³-hybridized carbons (Fsp3) is 0.458. The third-order valence-corrected chi connectivity index (χ3v) is 6.31. The lowest BCUT2D eigenvalue weighted by Gasteiger charge is -2.17. The predicted molar refractivity (Wildman–Crippen MR) is 124 cm³/mol. The fourth-order valence-corrected chi connectivity index (χ4v) is 4.29. The molecule has 2 saturated heterocycles. The maximum absolute atomic E-state index is 12.9. The molecule has 3 heterocycles. The number of oxime groups is 1. The quantitative estimate of drug-likeness (QED) is 0.288. The van der Waals surface area contributed by atoms with Gasteiger partial charge in [0.25, 0.3) is 0 Å². The molecular formula is C24H27ClN2O7. The first kappa shape index (κ1) is 24.1. The number of fused-ring (bicyclic) bond motifs is 2. The molecule has 9 nitrogen and oxygen atoms in total. The SMILES string of the molecule is C[C@@H]1C[C@@H]2O[C@H]2\C=C/C=C/C(=N/OCCN2CCCC2=O)Cc2c(Cl)c(O)cc(O)c2C(=O)O1. The number of nitrogens with zero attached hydrogens (tertiary/aromatic N) is 2. The number of hydrogen-bond acceptors (Lipinski definition) is 8. The fourth-order valence-electron chi connectivity index (χ4n) is 4.07. The Kier molecular flexibility index (Phi) is 7.43. The molecule has 0 bridgehead atoms. The van der Waals surface area contributed by atoms with E-state index in [0.717, 1.165) is 12.5 Å². The van der Waals surface area contributed by atoms with E-state index in [2.05, 4.69) is 5.16 Å². The van der Waals surface area contributed by atoms with Crippen LogP contribution in [0, 0.1) is 0 Å². The maximum Gasteiger partial charge on any atom is 0.342 e. The predicted octanol–water partition coefficient (Wildman–Crippen LogP) is 3.12. The molecule has 0 aliphatic carbocycles. The zero-order valence-electron chi connectivity index (χ0n) is 18.8. The standard InChI is InChI=1S/C24H27ClN2O7/c1-14-11-20-19(34-20)6-3-2-5-15(26-32-10-9-27-8-4-7-21(27)30)12-16-22(24(31)33-14)17(28)13-18(29)23(16)25/h2-3,5-6,13-14,19-20,28-29H,4,7-12H2,1H3/b5-2+,6-3-,26-15-/t14-,19+,20+/m1/s1. The second kappa shape index (κ2) is 10.5. The molecule has 0 radical (unpaired) electrons. The molecular weight excluding hydrogens is 464 g/mol. The summed E-state index contributed by atoms with van der Waals surface area (Å²) in [7, 11) is 0.